The fourth-order valence-electron chi connectivity index (χ4n) is 6.59. The van der Waals surface area contributed by atoms with Gasteiger partial charge in [-0.15, -0.1) is 0 Å². The lowest BCUT2D eigenvalue weighted by molar-refractivity contribution is 0.844. The largest absolute Gasteiger partial charge is 0.260 e. The smallest absolute Gasteiger partial charge is 0.0562 e. The Hall–Kier alpha value is -3.97. The van der Waals surface area contributed by atoms with Gasteiger partial charge in [0.15, 0.2) is 0 Å². The molecule has 0 amide bonds. The lowest BCUT2D eigenvalue weighted by atomic mass is 9.87. The molecule has 3 aliphatic rings. The molecule has 8 rings (SSSR count). The van der Waals surface area contributed by atoms with Crippen molar-refractivity contribution in [3.8, 4) is 11.1 Å². The van der Waals surface area contributed by atoms with Gasteiger partial charge in [0.2, 0.25) is 0 Å². The summed E-state index contributed by atoms with van der Waals surface area (Å²) in [6, 6.07) is 29.3. The number of nitrogens with zero attached hydrogens (tertiary/aromatic N) is 1. The molecule has 160 valence electrons. The van der Waals surface area contributed by atoms with Gasteiger partial charge in [-0.2, -0.15) is 0 Å². The van der Waals surface area contributed by atoms with Gasteiger partial charge in [-0.05, 0) is 91.3 Å². The molecule has 0 N–H and O–H groups in total. The molecule has 5 aromatic rings. The van der Waals surface area contributed by atoms with E-state index in [1.165, 1.54) is 65.2 Å². The fourth-order valence-corrected chi connectivity index (χ4v) is 6.59. The third-order valence-electron chi connectivity index (χ3n) is 8.03. The molecule has 0 radical (unpaired) electrons. The van der Waals surface area contributed by atoms with Gasteiger partial charge < -0.3 is 0 Å². The second kappa shape index (κ2) is 6.77. The summed E-state index contributed by atoms with van der Waals surface area (Å²) in [5.74, 6) is 0.453. The van der Waals surface area contributed by atoms with Gasteiger partial charge in [-0.3, -0.25) is 4.99 Å². The zero-order valence-corrected chi connectivity index (χ0v) is 18.9. The lowest BCUT2D eigenvalue weighted by Crippen LogP contribution is -2.33. The summed E-state index contributed by atoms with van der Waals surface area (Å²) in [4.78, 5) is 4.92. The van der Waals surface area contributed by atoms with E-state index in [9.17, 15) is 0 Å². The van der Waals surface area contributed by atoms with Crippen molar-refractivity contribution in [1.82, 2.24) is 0 Å². The van der Waals surface area contributed by atoms with Crippen molar-refractivity contribution in [2.75, 3.05) is 0 Å². The highest BCUT2D eigenvalue weighted by atomic mass is 14.7. The average molecular weight is 434 g/mol. The van der Waals surface area contributed by atoms with Gasteiger partial charge >= 0.3 is 0 Å². The van der Waals surface area contributed by atoms with Crippen LogP contribution >= 0.6 is 0 Å². The van der Waals surface area contributed by atoms with Gasteiger partial charge in [-0.25, -0.2) is 0 Å². The zero-order valence-electron chi connectivity index (χ0n) is 18.9. The van der Waals surface area contributed by atoms with Gasteiger partial charge in [0.25, 0.3) is 0 Å². The number of hydrogen-bond acceptors (Lipinski definition) is 1. The maximum Gasteiger partial charge on any atom is 0.0562 e. The minimum atomic E-state index is 0.453. The normalized spacial score (nSPS) is 18.2. The second-order valence-electron chi connectivity index (χ2n) is 9.80. The van der Waals surface area contributed by atoms with E-state index in [0.29, 0.717) is 5.92 Å². The minimum Gasteiger partial charge on any atom is -0.260 e. The predicted octanol–water partition coefficient (Wildman–Crippen LogP) is 6.87. The molecule has 1 unspecified atom stereocenters. The van der Waals surface area contributed by atoms with E-state index in [-0.39, 0.29) is 0 Å². The highest BCUT2D eigenvalue weighted by Crippen LogP contribution is 2.38. The summed E-state index contributed by atoms with van der Waals surface area (Å²) in [5.41, 5.74) is 6.98. The molecule has 5 aromatic carbocycles. The SMILES string of the molecule is C1=CN=C2c3c4c(c(-c5ccc6cc7ccccc7cc6c5)c5ccccc35)=CCCC=4C2C1. The molecule has 1 atom stereocenters. The topological polar surface area (TPSA) is 12.4 Å². The quantitative estimate of drug-likeness (QED) is 0.256. The summed E-state index contributed by atoms with van der Waals surface area (Å²) >= 11 is 0. The third-order valence-corrected chi connectivity index (χ3v) is 8.03. The molecule has 1 aliphatic heterocycles. The first-order valence-corrected chi connectivity index (χ1v) is 12.3. The minimum absolute atomic E-state index is 0.453. The van der Waals surface area contributed by atoms with Crippen LogP contribution in [0.2, 0.25) is 0 Å². The molecule has 0 saturated heterocycles. The lowest BCUT2D eigenvalue weighted by Gasteiger charge is -2.17. The Labute approximate surface area is 198 Å². The van der Waals surface area contributed by atoms with Crippen LogP contribution in [-0.4, -0.2) is 5.71 Å². The summed E-state index contributed by atoms with van der Waals surface area (Å²) < 4.78 is 0. The van der Waals surface area contributed by atoms with E-state index < -0.39 is 0 Å². The van der Waals surface area contributed by atoms with Crippen LogP contribution in [0.5, 0.6) is 0 Å². The van der Waals surface area contributed by atoms with Gasteiger partial charge in [0.05, 0.1) is 5.71 Å². The molecule has 34 heavy (non-hydrogen) atoms. The Kier molecular flexibility index (Phi) is 3.68. The Morgan fingerprint density at radius 3 is 2.29 bits per heavy atom. The fraction of sp³-hybridized carbons (Fsp3) is 0.121. The highest BCUT2D eigenvalue weighted by molar-refractivity contribution is 6.21. The van der Waals surface area contributed by atoms with E-state index in [0.717, 1.165) is 19.3 Å². The monoisotopic (exact) mass is 433 g/mol. The van der Waals surface area contributed by atoms with Crippen molar-refractivity contribution in [3.63, 3.8) is 0 Å². The summed E-state index contributed by atoms with van der Waals surface area (Å²) in [6.07, 6.45) is 10.1. The maximum absolute atomic E-state index is 4.92. The second-order valence-corrected chi connectivity index (χ2v) is 9.80. The van der Waals surface area contributed by atoms with Crippen molar-refractivity contribution >= 4 is 49.7 Å². The molecule has 1 nitrogen and oxygen atoms in total. The highest BCUT2D eigenvalue weighted by Gasteiger charge is 2.34. The van der Waals surface area contributed by atoms with Crippen LogP contribution in [-0.2, 0) is 0 Å². The number of aliphatic imine (C=N–C) groups is 1. The predicted molar refractivity (Wildman–Crippen MR) is 145 cm³/mol. The average Bonchev–Trinajstić information content (AvgIpc) is 3.23. The first-order chi connectivity index (χ1) is 16.9. The maximum atomic E-state index is 4.92. The summed E-state index contributed by atoms with van der Waals surface area (Å²) in [5, 5.41) is 10.8. The molecule has 1 heterocycles. The third kappa shape index (κ3) is 2.42. The molecule has 0 fully saturated rings. The molecular weight excluding hydrogens is 410 g/mol. The first-order valence-electron chi connectivity index (χ1n) is 12.3. The van der Waals surface area contributed by atoms with Crippen LogP contribution in [0.15, 0.2) is 96.1 Å². The van der Waals surface area contributed by atoms with Crippen LogP contribution in [0, 0.1) is 5.92 Å². The Balaban J connectivity index is 1.50. The Morgan fingerprint density at radius 1 is 0.706 bits per heavy atom. The molecular formula is C33H23N. The van der Waals surface area contributed by atoms with Crippen LogP contribution in [0.3, 0.4) is 0 Å². The molecule has 0 aromatic heterocycles. The Morgan fingerprint density at radius 2 is 1.44 bits per heavy atom. The van der Waals surface area contributed by atoms with Crippen LogP contribution in [0.4, 0.5) is 0 Å². The van der Waals surface area contributed by atoms with Crippen molar-refractivity contribution in [1.29, 1.82) is 0 Å². The van der Waals surface area contributed by atoms with Crippen LogP contribution < -0.4 is 10.4 Å². The van der Waals surface area contributed by atoms with Crippen molar-refractivity contribution in [2.45, 2.75) is 19.3 Å². The summed E-state index contributed by atoms with van der Waals surface area (Å²) in [7, 11) is 0. The van der Waals surface area contributed by atoms with Crippen LogP contribution in [0.1, 0.15) is 24.8 Å². The molecule has 1 heteroatoms. The van der Waals surface area contributed by atoms with E-state index in [2.05, 4.69) is 91.0 Å². The molecule has 0 spiro atoms. The van der Waals surface area contributed by atoms with E-state index in [1.54, 1.807) is 5.57 Å². The number of fused-ring (bicyclic) bond motifs is 7. The van der Waals surface area contributed by atoms with E-state index >= 15 is 0 Å². The van der Waals surface area contributed by atoms with Gasteiger partial charge in [0, 0.05) is 17.7 Å². The number of rotatable bonds is 1. The number of allylic oxidation sites excluding steroid dienone is 1. The van der Waals surface area contributed by atoms with Gasteiger partial charge in [-0.1, -0.05) is 78.4 Å². The number of benzene rings is 5. The molecule has 0 bridgehead atoms. The Bertz CT molecular complexity index is 1880. The first kappa shape index (κ1) is 18.5. The van der Waals surface area contributed by atoms with E-state index in [4.69, 9.17) is 4.99 Å². The number of hydrogen-bond donors (Lipinski definition) is 0. The molecule has 0 saturated carbocycles. The van der Waals surface area contributed by atoms with E-state index in [1.807, 2.05) is 6.20 Å². The van der Waals surface area contributed by atoms with Crippen molar-refractivity contribution in [2.24, 2.45) is 10.9 Å². The van der Waals surface area contributed by atoms with Crippen molar-refractivity contribution < 1.29 is 0 Å². The zero-order chi connectivity index (χ0) is 22.2. The standard InChI is InChI=1S/C33H23N/c1-2-8-21-18-24-19-23(15-14-22(24)17-20(21)7-1)30-25-9-3-4-10-26(25)32-31-27(11-5-12-29(30)31)28-13-6-16-34-33(28)32/h1-4,6-10,12,14-19,28H,5,11,13H2. The van der Waals surface area contributed by atoms with Gasteiger partial charge in [0.1, 0.15) is 0 Å². The summed E-state index contributed by atoms with van der Waals surface area (Å²) in [6.45, 7) is 0. The van der Waals surface area contributed by atoms with Crippen molar-refractivity contribution in [3.05, 3.63) is 107 Å². The van der Waals surface area contributed by atoms with Crippen LogP contribution in [0.25, 0.3) is 55.1 Å². The molecule has 2 aliphatic carbocycles.